The SMILES string of the molecule is CCOC(=O)c1[nH]c(=O)[nH]c1CN(C)[C@@H](C)Cc1cc(C)ccn1. The van der Waals surface area contributed by atoms with E-state index in [1.165, 1.54) is 5.56 Å². The van der Waals surface area contributed by atoms with Gasteiger partial charge in [0.2, 0.25) is 0 Å². The number of hydrogen-bond donors (Lipinski definition) is 2. The van der Waals surface area contributed by atoms with Crippen molar-refractivity contribution >= 4 is 5.97 Å². The van der Waals surface area contributed by atoms with Crippen molar-refractivity contribution < 1.29 is 9.53 Å². The van der Waals surface area contributed by atoms with Crippen molar-refractivity contribution in [1.29, 1.82) is 0 Å². The molecule has 0 aromatic carbocycles. The number of esters is 1. The van der Waals surface area contributed by atoms with Gasteiger partial charge >= 0.3 is 11.7 Å². The summed E-state index contributed by atoms with van der Waals surface area (Å²) in [5, 5.41) is 0. The molecule has 2 aromatic rings. The Morgan fingerprint density at radius 3 is 2.83 bits per heavy atom. The minimum atomic E-state index is -0.521. The number of aromatic amines is 2. The van der Waals surface area contributed by atoms with Gasteiger partial charge in [-0.05, 0) is 45.5 Å². The number of carbonyl (C=O) groups excluding carboxylic acids is 1. The molecule has 7 nitrogen and oxygen atoms in total. The van der Waals surface area contributed by atoms with E-state index in [1.54, 1.807) is 13.1 Å². The molecule has 2 N–H and O–H groups in total. The van der Waals surface area contributed by atoms with Crippen molar-refractivity contribution in [2.45, 2.75) is 39.8 Å². The van der Waals surface area contributed by atoms with E-state index in [1.807, 2.05) is 20.0 Å². The van der Waals surface area contributed by atoms with Gasteiger partial charge < -0.3 is 9.72 Å². The first kappa shape index (κ1) is 17.9. The minimum absolute atomic E-state index is 0.188. The molecule has 0 saturated heterocycles. The molecule has 0 amide bonds. The van der Waals surface area contributed by atoms with Crippen molar-refractivity contribution in [1.82, 2.24) is 19.9 Å². The van der Waals surface area contributed by atoms with Crippen LogP contribution >= 0.6 is 0 Å². The lowest BCUT2D eigenvalue weighted by atomic mass is 10.1. The molecule has 2 heterocycles. The van der Waals surface area contributed by atoms with Gasteiger partial charge in [0, 0.05) is 30.9 Å². The molecule has 0 aliphatic rings. The summed E-state index contributed by atoms with van der Waals surface area (Å²) < 4.78 is 4.98. The standard InChI is InChI=1S/C17H24N4O3/c1-5-24-16(22)15-14(19-17(23)20-15)10-21(4)12(3)9-13-8-11(2)6-7-18-13/h6-8,12H,5,9-10H2,1-4H3,(H2,19,20,23)/t12-/m0/s1. The van der Waals surface area contributed by atoms with E-state index >= 15 is 0 Å². The summed E-state index contributed by atoms with van der Waals surface area (Å²) in [6.45, 7) is 6.54. The van der Waals surface area contributed by atoms with Crippen LogP contribution in [0.15, 0.2) is 23.1 Å². The van der Waals surface area contributed by atoms with Crippen LogP contribution in [-0.4, -0.2) is 45.5 Å². The first-order valence-electron chi connectivity index (χ1n) is 8.00. The Hall–Kier alpha value is -2.41. The van der Waals surface area contributed by atoms with Crippen molar-refractivity contribution in [3.63, 3.8) is 0 Å². The molecule has 24 heavy (non-hydrogen) atoms. The van der Waals surface area contributed by atoms with E-state index in [4.69, 9.17) is 4.74 Å². The monoisotopic (exact) mass is 332 g/mol. The molecule has 0 fully saturated rings. The van der Waals surface area contributed by atoms with E-state index in [9.17, 15) is 9.59 Å². The maximum absolute atomic E-state index is 11.9. The van der Waals surface area contributed by atoms with Crippen LogP contribution < -0.4 is 5.69 Å². The number of hydrogen-bond acceptors (Lipinski definition) is 5. The van der Waals surface area contributed by atoms with Gasteiger partial charge in [-0.15, -0.1) is 0 Å². The molecule has 0 aliphatic heterocycles. The average molecular weight is 332 g/mol. The number of ether oxygens (including phenoxy) is 1. The van der Waals surface area contributed by atoms with Crippen molar-refractivity contribution in [3.05, 3.63) is 51.5 Å². The van der Waals surface area contributed by atoms with Gasteiger partial charge in [0.25, 0.3) is 0 Å². The summed E-state index contributed by atoms with van der Waals surface area (Å²) in [4.78, 5) is 35.1. The highest BCUT2D eigenvalue weighted by Crippen LogP contribution is 2.12. The van der Waals surface area contributed by atoms with Crippen molar-refractivity contribution in [2.75, 3.05) is 13.7 Å². The molecule has 7 heteroatoms. The van der Waals surface area contributed by atoms with Crippen LogP contribution in [0.1, 0.15) is 41.3 Å². The molecule has 2 aromatic heterocycles. The highest BCUT2D eigenvalue weighted by atomic mass is 16.5. The Kier molecular flexibility index (Phi) is 5.92. The Morgan fingerprint density at radius 2 is 2.17 bits per heavy atom. The normalized spacial score (nSPS) is 12.4. The molecule has 0 saturated carbocycles. The number of pyridine rings is 1. The molecular weight excluding hydrogens is 308 g/mol. The van der Waals surface area contributed by atoms with Gasteiger partial charge in [-0.3, -0.25) is 14.9 Å². The predicted molar refractivity (Wildman–Crippen MR) is 91.0 cm³/mol. The second-order valence-corrected chi connectivity index (χ2v) is 5.95. The molecule has 0 unspecified atom stereocenters. The van der Waals surface area contributed by atoms with Crippen LogP contribution in [0.3, 0.4) is 0 Å². The fourth-order valence-electron chi connectivity index (χ4n) is 2.49. The van der Waals surface area contributed by atoms with Crippen LogP contribution in [0.5, 0.6) is 0 Å². The lowest BCUT2D eigenvalue weighted by Gasteiger charge is -2.24. The molecule has 130 valence electrons. The number of carbonyl (C=O) groups is 1. The molecule has 0 bridgehead atoms. The van der Waals surface area contributed by atoms with E-state index in [2.05, 4.69) is 32.8 Å². The second-order valence-electron chi connectivity index (χ2n) is 5.95. The third-order valence-corrected chi connectivity index (χ3v) is 3.92. The molecule has 0 aliphatic carbocycles. The fraction of sp³-hybridized carbons (Fsp3) is 0.471. The Morgan fingerprint density at radius 1 is 1.42 bits per heavy atom. The average Bonchev–Trinajstić information content (AvgIpc) is 2.88. The molecule has 1 atom stereocenters. The third-order valence-electron chi connectivity index (χ3n) is 3.92. The van der Waals surface area contributed by atoms with E-state index in [0.717, 1.165) is 12.1 Å². The largest absolute Gasteiger partial charge is 0.461 e. The zero-order chi connectivity index (χ0) is 17.7. The summed E-state index contributed by atoms with van der Waals surface area (Å²) in [6.07, 6.45) is 2.58. The predicted octanol–water partition coefficient (Wildman–Crippen LogP) is 1.65. The maximum atomic E-state index is 11.9. The minimum Gasteiger partial charge on any atom is -0.461 e. The zero-order valence-electron chi connectivity index (χ0n) is 14.5. The smallest absolute Gasteiger partial charge is 0.356 e. The fourth-order valence-corrected chi connectivity index (χ4v) is 2.49. The number of aromatic nitrogens is 3. The topological polar surface area (TPSA) is 91.1 Å². The van der Waals surface area contributed by atoms with Crippen molar-refractivity contribution in [3.8, 4) is 0 Å². The van der Waals surface area contributed by atoms with Gasteiger partial charge in [0.05, 0.1) is 12.3 Å². The number of aryl methyl sites for hydroxylation is 1. The summed E-state index contributed by atoms with van der Waals surface area (Å²) in [5.74, 6) is -0.521. The van der Waals surface area contributed by atoms with Gasteiger partial charge in [-0.2, -0.15) is 0 Å². The van der Waals surface area contributed by atoms with Crippen molar-refractivity contribution in [2.24, 2.45) is 0 Å². The number of rotatable bonds is 7. The summed E-state index contributed by atoms with van der Waals surface area (Å²) in [5.41, 5.74) is 2.51. The van der Waals surface area contributed by atoms with Gasteiger partial charge in [0.15, 0.2) is 0 Å². The lowest BCUT2D eigenvalue weighted by molar-refractivity contribution is 0.0517. The lowest BCUT2D eigenvalue weighted by Crippen LogP contribution is -2.31. The number of H-pyrrole nitrogens is 2. The first-order chi connectivity index (χ1) is 11.4. The van der Waals surface area contributed by atoms with Crippen LogP contribution in [0.4, 0.5) is 0 Å². The van der Waals surface area contributed by atoms with Gasteiger partial charge in [0.1, 0.15) is 5.69 Å². The van der Waals surface area contributed by atoms with Crippen LogP contribution in [-0.2, 0) is 17.7 Å². The van der Waals surface area contributed by atoms with E-state index in [-0.39, 0.29) is 18.3 Å². The summed E-state index contributed by atoms with van der Waals surface area (Å²) in [7, 11) is 1.95. The highest BCUT2D eigenvalue weighted by Gasteiger charge is 2.20. The number of nitrogens with one attached hydrogen (secondary N) is 2. The van der Waals surface area contributed by atoms with Crippen LogP contribution in [0.2, 0.25) is 0 Å². The molecule has 0 radical (unpaired) electrons. The molecule has 2 rings (SSSR count). The Bertz CT molecular complexity index is 750. The quantitative estimate of drug-likeness (QED) is 0.752. The molecule has 0 spiro atoms. The van der Waals surface area contributed by atoms with E-state index < -0.39 is 11.7 Å². The summed E-state index contributed by atoms with van der Waals surface area (Å²) >= 11 is 0. The highest BCUT2D eigenvalue weighted by molar-refractivity contribution is 5.88. The van der Waals surface area contributed by atoms with Gasteiger partial charge in [-0.1, -0.05) is 0 Å². The second kappa shape index (κ2) is 7.92. The Balaban J connectivity index is 2.07. The van der Waals surface area contributed by atoms with Crippen LogP contribution in [0, 0.1) is 6.92 Å². The number of imidazole rings is 1. The number of nitrogens with zero attached hydrogens (tertiary/aromatic N) is 2. The molecular formula is C17H24N4O3. The summed E-state index contributed by atoms with van der Waals surface area (Å²) in [6, 6.07) is 4.22. The third kappa shape index (κ3) is 4.55. The van der Waals surface area contributed by atoms with Crippen LogP contribution in [0.25, 0.3) is 0 Å². The van der Waals surface area contributed by atoms with E-state index in [0.29, 0.717) is 12.2 Å². The Labute approximate surface area is 141 Å². The zero-order valence-corrected chi connectivity index (χ0v) is 14.5. The number of likely N-dealkylation sites (N-methyl/N-ethyl adjacent to an activating group) is 1. The van der Waals surface area contributed by atoms with Gasteiger partial charge in [-0.25, -0.2) is 9.59 Å². The first-order valence-corrected chi connectivity index (χ1v) is 8.00. The maximum Gasteiger partial charge on any atom is 0.356 e.